The molecule has 2 aliphatic heterocycles. The second kappa shape index (κ2) is 14.1. The van der Waals surface area contributed by atoms with Gasteiger partial charge < -0.3 is 24.7 Å². The molecular weight excluding hydrogens is 602 g/mol. The van der Waals surface area contributed by atoms with Gasteiger partial charge in [-0.1, -0.05) is 38.1 Å². The van der Waals surface area contributed by atoms with E-state index in [-0.39, 0.29) is 0 Å². The maximum Gasteiger partial charge on any atom is 0.243 e. The Hall–Kier alpha value is -3.55. The Labute approximate surface area is 272 Å². The minimum atomic E-state index is -3.58. The Morgan fingerprint density at radius 3 is 2.30 bits per heavy atom. The minimum Gasteiger partial charge on any atom is -0.475 e. The van der Waals surface area contributed by atoms with Gasteiger partial charge in [-0.2, -0.15) is 14.3 Å². The lowest BCUT2D eigenvalue weighted by molar-refractivity contribution is 0.144. The summed E-state index contributed by atoms with van der Waals surface area (Å²) in [6, 6.07) is 15.4. The number of hydrogen-bond acceptors (Lipinski definition) is 9. The van der Waals surface area contributed by atoms with Crippen molar-refractivity contribution in [3.05, 3.63) is 60.3 Å². The van der Waals surface area contributed by atoms with Crippen molar-refractivity contribution in [1.29, 1.82) is 0 Å². The molecule has 0 spiro atoms. The summed E-state index contributed by atoms with van der Waals surface area (Å²) in [7, 11) is 0.219. The zero-order valence-corrected chi connectivity index (χ0v) is 28.0. The molecule has 2 unspecified atom stereocenters. The summed E-state index contributed by atoms with van der Waals surface area (Å²) in [5.41, 5.74) is 4.42. The highest BCUT2D eigenvalue weighted by molar-refractivity contribution is 7.89. The number of aromatic nitrogens is 3. The lowest BCUT2D eigenvalue weighted by Gasteiger charge is -2.34. The van der Waals surface area contributed by atoms with Crippen LogP contribution in [-0.4, -0.2) is 104 Å². The number of nitrogens with one attached hydrogen (secondary N) is 2. The maximum atomic E-state index is 13.5. The Bertz CT molecular complexity index is 1710. The van der Waals surface area contributed by atoms with Crippen LogP contribution in [0.3, 0.4) is 0 Å². The maximum absolute atomic E-state index is 13.5. The van der Waals surface area contributed by atoms with Gasteiger partial charge in [0.25, 0.3) is 0 Å². The van der Waals surface area contributed by atoms with Crippen molar-refractivity contribution < 1.29 is 17.9 Å². The van der Waals surface area contributed by atoms with Crippen LogP contribution >= 0.6 is 0 Å². The first-order valence-electron chi connectivity index (χ1n) is 16.1. The quantitative estimate of drug-likeness (QED) is 0.221. The van der Waals surface area contributed by atoms with E-state index < -0.39 is 10.0 Å². The van der Waals surface area contributed by atoms with E-state index in [0.717, 1.165) is 61.3 Å². The van der Waals surface area contributed by atoms with E-state index in [9.17, 15) is 8.42 Å². The third kappa shape index (κ3) is 7.37. The molecule has 4 aromatic rings. The molecule has 0 bridgehead atoms. The number of aromatic amines is 1. The van der Waals surface area contributed by atoms with Crippen LogP contribution in [0.2, 0.25) is 0 Å². The van der Waals surface area contributed by atoms with Crippen LogP contribution < -0.4 is 10.1 Å². The first-order valence-corrected chi connectivity index (χ1v) is 17.5. The standard InChI is InChI=1S/C34H45N7O4S/c1-24-19-25(2)22-41(21-24)46(42,43)29-11-7-27(8-12-29)30-20-35-32-31(30)33(45-18-17-44-4)38-34(37-32)36-28-9-5-26(6-10-28)23-40-15-13-39(3)14-16-40/h5-12,20,24-25H,13-19,21-23H2,1-4H3,(H2,35,36,37,38). The van der Waals surface area contributed by atoms with Gasteiger partial charge in [0, 0.05) is 70.4 Å². The van der Waals surface area contributed by atoms with Crippen LogP contribution in [0.4, 0.5) is 11.6 Å². The van der Waals surface area contributed by atoms with E-state index in [1.807, 2.05) is 30.5 Å². The van der Waals surface area contributed by atoms with E-state index >= 15 is 0 Å². The molecule has 0 radical (unpaired) electrons. The van der Waals surface area contributed by atoms with Gasteiger partial charge in [0.15, 0.2) is 0 Å². The molecule has 12 heteroatoms. The SMILES string of the molecule is COCCOc1nc(Nc2ccc(CN3CCN(C)CC3)cc2)nc2[nH]cc(-c3ccc(S(=O)(=O)N4CC(C)CC(C)C4)cc3)c12. The smallest absolute Gasteiger partial charge is 0.243 e. The fourth-order valence-electron chi connectivity index (χ4n) is 6.45. The van der Waals surface area contributed by atoms with E-state index in [4.69, 9.17) is 19.4 Å². The summed E-state index contributed by atoms with van der Waals surface area (Å²) < 4.78 is 39.8. The molecule has 2 N–H and O–H groups in total. The largest absolute Gasteiger partial charge is 0.475 e. The highest BCUT2D eigenvalue weighted by atomic mass is 32.2. The van der Waals surface area contributed by atoms with Crippen LogP contribution in [-0.2, 0) is 21.3 Å². The number of ether oxygens (including phenoxy) is 2. The first-order chi connectivity index (χ1) is 22.2. The first kappa shape index (κ1) is 32.4. The second-order valence-corrected chi connectivity index (χ2v) is 14.8. The third-order valence-corrected chi connectivity index (χ3v) is 10.7. The average molecular weight is 648 g/mol. The van der Waals surface area contributed by atoms with Gasteiger partial charge in [0.1, 0.15) is 12.3 Å². The fourth-order valence-corrected chi connectivity index (χ4v) is 8.13. The lowest BCUT2D eigenvalue weighted by atomic mass is 9.94. The van der Waals surface area contributed by atoms with Gasteiger partial charge in [-0.3, -0.25) is 4.90 Å². The third-order valence-electron chi connectivity index (χ3n) is 8.88. The van der Waals surface area contributed by atoms with Crippen molar-refractivity contribution in [3.63, 3.8) is 0 Å². The Morgan fingerprint density at radius 1 is 0.935 bits per heavy atom. The van der Waals surface area contributed by atoms with Crippen molar-refractivity contribution in [2.75, 3.05) is 72.0 Å². The van der Waals surface area contributed by atoms with Gasteiger partial charge in [-0.25, -0.2) is 8.42 Å². The molecule has 2 saturated heterocycles. The Morgan fingerprint density at radius 2 is 1.63 bits per heavy atom. The number of nitrogens with zero attached hydrogens (tertiary/aromatic N) is 5. The predicted octanol–water partition coefficient (Wildman–Crippen LogP) is 4.81. The summed E-state index contributed by atoms with van der Waals surface area (Å²) in [5, 5.41) is 4.05. The van der Waals surface area contributed by atoms with Gasteiger partial charge in [0.05, 0.1) is 16.9 Å². The highest BCUT2D eigenvalue weighted by Crippen LogP contribution is 2.36. The number of anilines is 2. The molecule has 0 amide bonds. The van der Waals surface area contributed by atoms with Crippen LogP contribution in [0.5, 0.6) is 5.88 Å². The van der Waals surface area contributed by atoms with E-state index in [0.29, 0.717) is 60.5 Å². The average Bonchev–Trinajstić information content (AvgIpc) is 3.47. The zero-order valence-electron chi connectivity index (χ0n) is 27.2. The number of fused-ring (bicyclic) bond motifs is 1. The minimum absolute atomic E-state index is 0.297. The second-order valence-electron chi connectivity index (χ2n) is 12.8. The van der Waals surface area contributed by atoms with Crippen molar-refractivity contribution in [3.8, 4) is 17.0 Å². The van der Waals surface area contributed by atoms with Crippen LogP contribution in [0.25, 0.3) is 22.2 Å². The molecule has 2 atom stereocenters. The summed E-state index contributed by atoms with van der Waals surface area (Å²) in [6.07, 6.45) is 2.90. The molecule has 11 nitrogen and oxygen atoms in total. The Kier molecular flexibility index (Phi) is 9.90. The summed E-state index contributed by atoms with van der Waals surface area (Å²) in [5.74, 6) is 1.50. The van der Waals surface area contributed by atoms with Gasteiger partial charge in [-0.15, -0.1) is 0 Å². The van der Waals surface area contributed by atoms with E-state index in [1.54, 1.807) is 23.5 Å². The topological polar surface area (TPSA) is 116 Å². The molecule has 0 saturated carbocycles. The highest BCUT2D eigenvalue weighted by Gasteiger charge is 2.31. The summed E-state index contributed by atoms with van der Waals surface area (Å²) in [6.45, 7) is 11.3. The lowest BCUT2D eigenvalue weighted by Crippen LogP contribution is -2.43. The molecule has 2 aromatic carbocycles. The molecule has 46 heavy (non-hydrogen) atoms. The van der Waals surface area contributed by atoms with Crippen LogP contribution in [0.1, 0.15) is 25.8 Å². The number of likely N-dealkylation sites (N-methyl/N-ethyl adjacent to an activating group) is 1. The number of rotatable bonds is 11. The monoisotopic (exact) mass is 647 g/mol. The summed E-state index contributed by atoms with van der Waals surface area (Å²) in [4.78, 5) is 17.9. The van der Waals surface area contributed by atoms with Crippen molar-refractivity contribution >= 4 is 32.7 Å². The van der Waals surface area contributed by atoms with Gasteiger partial charge in [0.2, 0.25) is 21.9 Å². The molecule has 246 valence electrons. The normalized spacial score (nSPS) is 20.3. The number of hydrogen-bond donors (Lipinski definition) is 2. The molecule has 0 aliphatic carbocycles. The number of methoxy groups -OCH3 is 1. The molecule has 6 rings (SSSR count). The molecule has 2 fully saturated rings. The van der Waals surface area contributed by atoms with E-state index in [2.05, 4.69) is 53.1 Å². The van der Waals surface area contributed by atoms with Crippen molar-refractivity contribution in [2.24, 2.45) is 11.8 Å². The van der Waals surface area contributed by atoms with Gasteiger partial charge >= 0.3 is 0 Å². The predicted molar refractivity (Wildman–Crippen MR) is 181 cm³/mol. The Balaban J connectivity index is 1.22. The van der Waals surface area contributed by atoms with Crippen molar-refractivity contribution in [1.82, 2.24) is 29.1 Å². The number of H-pyrrole nitrogens is 1. The fraction of sp³-hybridized carbons (Fsp3) is 0.471. The number of sulfonamides is 1. The number of piperazine rings is 1. The molecule has 2 aromatic heterocycles. The number of benzene rings is 2. The molecule has 2 aliphatic rings. The van der Waals surface area contributed by atoms with Crippen molar-refractivity contribution in [2.45, 2.75) is 31.7 Å². The summed E-state index contributed by atoms with van der Waals surface area (Å²) >= 11 is 0. The molecule has 4 heterocycles. The van der Waals surface area contributed by atoms with Gasteiger partial charge in [-0.05, 0) is 60.7 Å². The molecular formula is C34H45N7O4S. The van der Waals surface area contributed by atoms with E-state index in [1.165, 1.54) is 5.56 Å². The number of piperidine rings is 1. The zero-order chi connectivity index (χ0) is 32.3. The van der Waals surface area contributed by atoms with Crippen LogP contribution in [0.15, 0.2) is 59.6 Å². The van der Waals surface area contributed by atoms with Crippen LogP contribution in [0, 0.1) is 11.8 Å².